The van der Waals surface area contributed by atoms with Gasteiger partial charge in [-0.1, -0.05) is 30.3 Å². The molecular weight excluding hydrogens is 745 g/mol. The normalized spacial score (nSPS) is 20.8. The molecule has 0 bridgehead atoms. The van der Waals surface area contributed by atoms with Gasteiger partial charge in [0.2, 0.25) is 29.5 Å². The zero-order valence-corrected chi connectivity index (χ0v) is 33.4. The van der Waals surface area contributed by atoms with Gasteiger partial charge in [0.1, 0.15) is 30.3 Å². The first-order chi connectivity index (χ1) is 26.7. The maximum absolute atomic E-state index is 13.5. The number of likely N-dealkylation sites (tertiary alicyclic amines) is 1. The molecule has 1 aliphatic heterocycles. The zero-order valence-electron chi connectivity index (χ0n) is 32.6. The molecule has 312 valence electrons. The average Bonchev–Trinajstić information content (AvgIpc) is 3.15. The summed E-state index contributed by atoms with van der Waals surface area (Å²) < 4.78 is 5.61. The summed E-state index contributed by atoms with van der Waals surface area (Å²) in [5.74, 6) is -4.10. The second-order valence-electron chi connectivity index (χ2n) is 14.6. The van der Waals surface area contributed by atoms with Crippen LogP contribution in [0.2, 0.25) is 0 Å². The lowest BCUT2D eigenvalue weighted by molar-refractivity contribution is -0.156. The van der Waals surface area contributed by atoms with E-state index in [4.69, 9.17) is 16.2 Å². The molecular formula is C38H60N8O9S. The molecule has 2 fully saturated rings. The monoisotopic (exact) mass is 804 g/mol. The molecule has 1 aliphatic carbocycles. The maximum Gasteiger partial charge on any atom is 0.327 e. The van der Waals surface area contributed by atoms with E-state index in [1.165, 1.54) is 20.8 Å². The third kappa shape index (κ3) is 15.3. The first-order valence-electron chi connectivity index (χ1n) is 19.4. The van der Waals surface area contributed by atoms with Crippen molar-refractivity contribution in [1.29, 1.82) is 0 Å². The number of aliphatic carboxylic acids is 1. The molecule has 3 rings (SSSR count). The van der Waals surface area contributed by atoms with Gasteiger partial charge in [-0.3, -0.25) is 33.7 Å². The van der Waals surface area contributed by atoms with Crippen molar-refractivity contribution in [3.63, 3.8) is 0 Å². The van der Waals surface area contributed by atoms with E-state index >= 15 is 0 Å². The van der Waals surface area contributed by atoms with Crippen LogP contribution in [0, 0.1) is 5.92 Å². The van der Waals surface area contributed by atoms with Gasteiger partial charge in [0, 0.05) is 19.1 Å². The van der Waals surface area contributed by atoms with Crippen molar-refractivity contribution < 1.29 is 43.4 Å². The van der Waals surface area contributed by atoms with Crippen molar-refractivity contribution in [2.24, 2.45) is 17.4 Å². The van der Waals surface area contributed by atoms with Crippen molar-refractivity contribution in [3.05, 3.63) is 35.9 Å². The van der Waals surface area contributed by atoms with Crippen LogP contribution in [-0.2, 0) is 44.7 Å². The topological polar surface area (TPSA) is 264 Å². The number of benzene rings is 1. The van der Waals surface area contributed by atoms with E-state index < -0.39 is 59.8 Å². The number of nitrogens with one attached hydrogen (secondary N) is 5. The highest BCUT2D eigenvalue weighted by atomic mass is 32.2. The van der Waals surface area contributed by atoms with Gasteiger partial charge in [0.25, 0.3) is 0 Å². The number of rotatable bonds is 22. The summed E-state index contributed by atoms with van der Waals surface area (Å²) in [5, 5.41) is 23.0. The number of thioether (sulfide) groups is 1. The summed E-state index contributed by atoms with van der Waals surface area (Å²) in [7, 11) is 0. The quantitative estimate of drug-likeness (QED) is 0.0428. The van der Waals surface area contributed by atoms with Crippen molar-refractivity contribution >= 4 is 53.2 Å². The fourth-order valence-electron chi connectivity index (χ4n) is 7.10. The Kier molecular flexibility index (Phi) is 19.5. The summed E-state index contributed by atoms with van der Waals surface area (Å²) >= 11 is 1.11. The molecule has 1 heterocycles. The summed E-state index contributed by atoms with van der Waals surface area (Å²) in [4.78, 5) is 91.3. The Labute approximate surface area is 332 Å². The van der Waals surface area contributed by atoms with E-state index in [1.54, 1.807) is 24.3 Å². The number of ether oxygens (including phenoxy) is 1. The second kappa shape index (κ2) is 23.7. The van der Waals surface area contributed by atoms with Crippen LogP contribution in [0.3, 0.4) is 0 Å². The average molecular weight is 805 g/mol. The van der Waals surface area contributed by atoms with Crippen molar-refractivity contribution in [2.45, 2.75) is 121 Å². The van der Waals surface area contributed by atoms with Crippen LogP contribution in [0.15, 0.2) is 30.3 Å². The molecule has 18 heteroatoms. The van der Waals surface area contributed by atoms with Crippen LogP contribution >= 0.6 is 11.8 Å². The van der Waals surface area contributed by atoms with Crippen LogP contribution in [0.4, 0.5) is 0 Å². The number of unbranched alkanes of at least 4 members (excludes halogenated alkanes) is 1. The third-order valence-corrected chi connectivity index (χ3v) is 10.9. The molecule has 1 saturated heterocycles. The Hall–Kier alpha value is -4.26. The minimum atomic E-state index is -1.33. The highest BCUT2D eigenvalue weighted by molar-refractivity contribution is 7.99. The Morgan fingerprint density at radius 3 is 2.20 bits per heavy atom. The molecule has 17 nitrogen and oxygen atoms in total. The van der Waals surface area contributed by atoms with Crippen LogP contribution in [-0.4, -0.2) is 125 Å². The predicted octanol–water partition coefficient (Wildman–Crippen LogP) is -0.248. The van der Waals surface area contributed by atoms with Gasteiger partial charge in [-0.25, -0.2) is 4.79 Å². The van der Waals surface area contributed by atoms with Crippen LogP contribution < -0.4 is 38.1 Å². The predicted molar refractivity (Wildman–Crippen MR) is 211 cm³/mol. The Bertz CT molecular complexity index is 1480. The van der Waals surface area contributed by atoms with Gasteiger partial charge in [0.15, 0.2) is 0 Å². The molecule has 0 spiro atoms. The first kappa shape index (κ1) is 46.1. The number of piperidine rings is 1. The highest BCUT2D eigenvalue weighted by Crippen LogP contribution is 2.36. The maximum atomic E-state index is 13.5. The molecule has 1 saturated carbocycles. The molecule has 56 heavy (non-hydrogen) atoms. The lowest BCUT2D eigenvalue weighted by Gasteiger charge is -2.47. The molecule has 0 unspecified atom stereocenters. The van der Waals surface area contributed by atoms with E-state index in [0.29, 0.717) is 31.8 Å². The van der Waals surface area contributed by atoms with E-state index in [1.807, 2.05) is 6.07 Å². The molecule has 0 aromatic heterocycles. The summed E-state index contributed by atoms with van der Waals surface area (Å²) in [6.45, 7) is 5.47. The second-order valence-corrected chi connectivity index (χ2v) is 15.6. The molecule has 1 aromatic rings. The zero-order chi connectivity index (χ0) is 41.2. The standard InChI is InChI=1S/C38H60N8O9S/c1-23(40)34(49)44-29(19-26-11-5-4-6-12-26)37(52)43-28(15-7-8-17-39)36(51)42-24(2)35(50)45-30(38(53)54)21-56-22-41-32(48)20-46-18-10-14-27-13-9-16-31(33(27)46)55-25(3)47/h4-6,11-12,23-24,27-31,33H,7-10,13-22,39-40H2,1-3H3,(H,41,48)(H,42,51)(H,43,52)(H,44,49)(H,45,50)(H,53,54)/t23-,24-,27-,28-,29-,30-,31-,33+/m0/s1. The van der Waals surface area contributed by atoms with E-state index in [-0.39, 0.29) is 55.0 Å². The van der Waals surface area contributed by atoms with E-state index in [0.717, 1.165) is 49.4 Å². The van der Waals surface area contributed by atoms with Crippen LogP contribution in [0.5, 0.6) is 0 Å². The number of hydrogen-bond acceptors (Lipinski definition) is 12. The SMILES string of the molecule is CC(=O)O[C@H]1CCC[C@H]2CCCN(CC(=O)NCSC[C@H](NC(=O)[C@H](C)NC(=O)[C@H](CCCCN)NC(=O)[C@H](Cc3ccccc3)NC(=O)[C@H](C)N)C(=O)O)[C@H]21. The minimum Gasteiger partial charge on any atom is -0.480 e. The first-order valence-corrected chi connectivity index (χ1v) is 20.5. The lowest BCUT2D eigenvalue weighted by Crippen LogP contribution is -2.58. The largest absolute Gasteiger partial charge is 0.480 e. The molecule has 1 aromatic carbocycles. The number of carbonyl (C=O) groups is 7. The summed E-state index contributed by atoms with van der Waals surface area (Å²) in [6, 6.07) is 3.47. The number of fused-ring (bicyclic) bond motifs is 1. The smallest absolute Gasteiger partial charge is 0.327 e. The molecule has 8 atom stereocenters. The van der Waals surface area contributed by atoms with Gasteiger partial charge < -0.3 is 47.9 Å². The van der Waals surface area contributed by atoms with Crippen molar-refractivity contribution in [3.8, 4) is 0 Å². The Morgan fingerprint density at radius 1 is 0.875 bits per heavy atom. The number of carboxylic acid groups (broad SMARTS) is 1. The number of nitrogens with zero attached hydrogens (tertiary/aromatic N) is 1. The van der Waals surface area contributed by atoms with Gasteiger partial charge in [-0.15, -0.1) is 11.8 Å². The number of esters is 1. The van der Waals surface area contributed by atoms with Gasteiger partial charge >= 0.3 is 11.9 Å². The van der Waals surface area contributed by atoms with E-state index in [9.17, 15) is 38.7 Å². The molecule has 5 amide bonds. The number of amides is 5. The van der Waals surface area contributed by atoms with Crippen molar-refractivity contribution in [2.75, 3.05) is 31.3 Å². The fraction of sp³-hybridized carbons (Fsp3) is 0.658. The highest BCUT2D eigenvalue weighted by Gasteiger charge is 2.42. The Balaban J connectivity index is 1.53. The molecule has 10 N–H and O–H groups in total. The van der Waals surface area contributed by atoms with Crippen LogP contribution in [0.1, 0.15) is 77.7 Å². The molecule has 2 aliphatic rings. The number of carboxylic acids is 1. The Morgan fingerprint density at radius 2 is 1.54 bits per heavy atom. The number of hydrogen-bond donors (Lipinski definition) is 8. The van der Waals surface area contributed by atoms with Crippen molar-refractivity contribution in [1.82, 2.24) is 31.5 Å². The summed E-state index contributed by atoms with van der Waals surface area (Å²) in [5.41, 5.74) is 12.1. The summed E-state index contributed by atoms with van der Waals surface area (Å²) in [6.07, 6.45) is 5.86. The van der Waals surface area contributed by atoms with Gasteiger partial charge in [0.05, 0.1) is 24.5 Å². The fourth-order valence-corrected chi connectivity index (χ4v) is 7.94. The number of carbonyl (C=O) groups excluding carboxylic acids is 6. The van der Waals surface area contributed by atoms with Crippen LogP contribution in [0.25, 0.3) is 0 Å². The van der Waals surface area contributed by atoms with Gasteiger partial charge in [-0.2, -0.15) is 0 Å². The van der Waals surface area contributed by atoms with E-state index in [2.05, 4.69) is 31.5 Å². The van der Waals surface area contributed by atoms with Gasteiger partial charge in [-0.05, 0) is 89.8 Å². The molecule has 0 radical (unpaired) electrons. The third-order valence-electron chi connectivity index (χ3n) is 9.97. The number of nitrogens with two attached hydrogens (primary N) is 2. The lowest BCUT2D eigenvalue weighted by atomic mass is 9.76. The minimum absolute atomic E-state index is 0.0177.